The van der Waals surface area contributed by atoms with Crippen LogP contribution in [0.15, 0.2) is 12.5 Å². The molecule has 0 amide bonds. The highest BCUT2D eigenvalue weighted by atomic mass is 15.1. The first-order chi connectivity index (χ1) is 8.47. The van der Waals surface area contributed by atoms with Crippen LogP contribution in [-0.4, -0.2) is 16.6 Å². The quantitative estimate of drug-likeness (QED) is 0.887. The van der Waals surface area contributed by atoms with Gasteiger partial charge in [0.05, 0.1) is 17.6 Å². The maximum absolute atomic E-state index is 4.36. The first-order valence-corrected chi connectivity index (χ1v) is 7.16. The Morgan fingerprint density at radius 1 is 1.33 bits per heavy atom. The normalized spacial score (nSPS) is 20.0. The van der Waals surface area contributed by atoms with Crippen LogP contribution in [0.25, 0.3) is 0 Å². The summed E-state index contributed by atoms with van der Waals surface area (Å²) in [7, 11) is 2.01. The Hall–Kier alpha value is -0.830. The molecular weight excluding hydrogens is 222 g/mol. The molecule has 1 aromatic rings. The summed E-state index contributed by atoms with van der Waals surface area (Å²) >= 11 is 0. The number of aromatic nitrogens is 2. The topological polar surface area (TPSA) is 29.9 Å². The zero-order valence-corrected chi connectivity index (χ0v) is 12.3. The number of imidazole rings is 1. The molecule has 0 radical (unpaired) electrons. The molecule has 1 aliphatic carbocycles. The lowest BCUT2D eigenvalue weighted by Gasteiger charge is -2.36. The van der Waals surface area contributed by atoms with E-state index in [1.807, 2.05) is 19.6 Å². The summed E-state index contributed by atoms with van der Waals surface area (Å²) in [5, 5.41) is 3.37. The van der Waals surface area contributed by atoms with Gasteiger partial charge in [-0.15, -0.1) is 0 Å². The summed E-state index contributed by atoms with van der Waals surface area (Å²) < 4.78 is 2.35. The molecule has 1 saturated carbocycles. The molecule has 2 rings (SSSR count). The fourth-order valence-electron chi connectivity index (χ4n) is 3.07. The van der Waals surface area contributed by atoms with Crippen molar-refractivity contribution in [1.82, 2.24) is 14.9 Å². The van der Waals surface area contributed by atoms with E-state index < -0.39 is 0 Å². The van der Waals surface area contributed by atoms with Gasteiger partial charge >= 0.3 is 0 Å². The summed E-state index contributed by atoms with van der Waals surface area (Å²) in [4.78, 5) is 4.36. The molecule has 0 aromatic carbocycles. The van der Waals surface area contributed by atoms with Crippen molar-refractivity contribution in [3.05, 3.63) is 18.2 Å². The molecule has 0 spiro atoms. The Morgan fingerprint density at radius 2 is 2.00 bits per heavy atom. The largest absolute Gasteiger partial charge is 0.332 e. The molecule has 0 saturated heterocycles. The van der Waals surface area contributed by atoms with E-state index in [1.54, 1.807) is 0 Å². The Balaban J connectivity index is 2.17. The second-order valence-electron chi connectivity index (χ2n) is 6.65. The molecule has 1 heterocycles. The van der Waals surface area contributed by atoms with E-state index in [1.165, 1.54) is 37.8 Å². The average Bonchev–Trinajstić information content (AvgIpc) is 2.78. The minimum absolute atomic E-state index is 0.0124. The van der Waals surface area contributed by atoms with Gasteiger partial charge in [-0.25, -0.2) is 4.98 Å². The van der Waals surface area contributed by atoms with Crippen LogP contribution in [0, 0.1) is 5.41 Å². The van der Waals surface area contributed by atoms with Crippen LogP contribution >= 0.6 is 0 Å². The number of hydrogen-bond donors (Lipinski definition) is 1. The van der Waals surface area contributed by atoms with E-state index >= 15 is 0 Å². The second-order valence-corrected chi connectivity index (χ2v) is 6.65. The highest BCUT2D eigenvalue weighted by molar-refractivity contribution is 5.11. The predicted molar refractivity (Wildman–Crippen MR) is 75.5 cm³/mol. The van der Waals surface area contributed by atoms with Crippen LogP contribution < -0.4 is 5.32 Å². The molecule has 0 atom stereocenters. The highest BCUT2D eigenvalue weighted by Crippen LogP contribution is 2.38. The number of hydrogen-bond acceptors (Lipinski definition) is 2. The van der Waals surface area contributed by atoms with E-state index in [0.717, 1.165) is 6.54 Å². The van der Waals surface area contributed by atoms with Gasteiger partial charge in [-0.1, -0.05) is 26.2 Å². The minimum atomic E-state index is -0.0124. The van der Waals surface area contributed by atoms with Crippen LogP contribution in [0.2, 0.25) is 0 Å². The lowest BCUT2D eigenvalue weighted by molar-refractivity contribution is 0.178. The Labute approximate surface area is 111 Å². The van der Waals surface area contributed by atoms with Crippen LogP contribution in [0.1, 0.15) is 58.6 Å². The van der Waals surface area contributed by atoms with Gasteiger partial charge in [0.2, 0.25) is 0 Å². The lowest BCUT2D eigenvalue weighted by Crippen LogP contribution is -2.37. The van der Waals surface area contributed by atoms with Gasteiger partial charge in [0.15, 0.2) is 0 Å². The average molecular weight is 249 g/mol. The molecular formula is C15H27N3. The molecule has 1 fully saturated rings. The van der Waals surface area contributed by atoms with Crippen molar-refractivity contribution >= 4 is 0 Å². The van der Waals surface area contributed by atoms with Crippen LogP contribution in [-0.2, 0) is 12.1 Å². The Kier molecular flexibility index (Phi) is 3.81. The Morgan fingerprint density at radius 3 is 2.61 bits per heavy atom. The number of rotatable bonds is 4. The van der Waals surface area contributed by atoms with Crippen molar-refractivity contribution < 1.29 is 0 Å². The van der Waals surface area contributed by atoms with Gasteiger partial charge in [-0.05, 0) is 39.2 Å². The maximum Gasteiger partial charge on any atom is 0.0948 e. The molecule has 1 aromatic heterocycles. The van der Waals surface area contributed by atoms with Crippen molar-refractivity contribution in [2.75, 3.05) is 7.05 Å². The van der Waals surface area contributed by atoms with Gasteiger partial charge in [0.25, 0.3) is 0 Å². The summed E-state index contributed by atoms with van der Waals surface area (Å²) in [6, 6.07) is 0. The zero-order valence-electron chi connectivity index (χ0n) is 12.3. The number of nitrogens with zero attached hydrogens (tertiary/aromatic N) is 2. The smallest absolute Gasteiger partial charge is 0.0948 e. The molecule has 3 nitrogen and oxygen atoms in total. The van der Waals surface area contributed by atoms with E-state index in [2.05, 4.69) is 35.6 Å². The van der Waals surface area contributed by atoms with E-state index in [9.17, 15) is 0 Å². The van der Waals surface area contributed by atoms with Gasteiger partial charge in [0.1, 0.15) is 0 Å². The van der Waals surface area contributed by atoms with Gasteiger partial charge in [-0.2, -0.15) is 0 Å². The van der Waals surface area contributed by atoms with E-state index in [4.69, 9.17) is 0 Å². The maximum atomic E-state index is 4.36. The molecule has 0 unspecified atom stereocenters. The molecule has 3 heteroatoms. The van der Waals surface area contributed by atoms with Crippen molar-refractivity contribution in [3.63, 3.8) is 0 Å². The van der Waals surface area contributed by atoms with Crippen molar-refractivity contribution in [2.45, 2.75) is 65.0 Å². The predicted octanol–water partition coefficient (Wildman–Crippen LogP) is 3.31. The second kappa shape index (κ2) is 5.04. The van der Waals surface area contributed by atoms with Gasteiger partial charge in [0, 0.05) is 12.7 Å². The third-order valence-corrected chi connectivity index (χ3v) is 4.59. The monoisotopic (exact) mass is 249 g/mol. The van der Waals surface area contributed by atoms with Crippen molar-refractivity contribution in [2.24, 2.45) is 5.41 Å². The summed E-state index contributed by atoms with van der Waals surface area (Å²) in [5.41, 5.74) is 1.73. The third kappa shape index (κ3) is 2.77. The minimum Gasteiger partial charge on any atom is -0.332 e. The molecule has 1 aliphatic rings. The van der Waals surface area contributed by atoms with Crippen LogP contribution in [0.3, 0.4) is 0 Å². The third-order valence-electron chi connectivity index (χ3n) is 4.59. The van der Waals surface area contributed by atoms with Gasteiger partial charge in [-0.3, -0.25) is 0 Å². The molecule has 0 bridgehead atoms. The van der Waals surface area contributed by atoms with Gasteiger partial charge < -0.3 is 9.88 Å². The SMILES string of the molecule is CNC(C)(C)c1cncn1CC1(C)CCCCC1. The lowest BCUT2D eigenvalue weighted by atomic mass is 9.75. The van der Waals surface area contributed by atoms with Crippen LogP contribution in [0.4, 0.5) is 0 Å². The Bertz CT molecular complexity index is 386. The summed E-state index contributed by atoms with van der Waals surface area (Å²) in [6.45, 7) is 7.96. The fraction of sp³-hybridized carbons (Fsp3) is 0.800. The van der Waals surface area contributed by atoms with E-state index in [0.29, 0.717) is 5.41 Å². The highest BCUT2D eigenvalue weighted by Gasteiger charge is 2.30. The molecule has 0 aliphatic heterocycles. The summed E-state index contributed by atoms with van der Waals surface area (Å²) in [5.74, 6) is 0. The first kappa shape index (κ1) is 13.6. The van der Waals surface area contributed by atoms with Crippen molar-refractivity contribution in [3.8, 4) is 0 Å². The molecule has 102 valence electrons. The van der Waals surface area contributed by atoms with Crippen molar-refractivity contribution in [1.29, 1.82) is 0 Å². The summed E-state index contributed by atoms with van der Waals surface area (Å²) in [6.07, 6.45) is 10.9. The van der Waals surface area contributed by atoms with E-state index in [-0.39, 0.29) is 5.54 Å². The molecule has 1 N–H and O–H groups in total. The number of nitrogens with one attached hydrogen (secondary N) is 1. The first-order valence-electron chi connectivity index (χ1n) is 7.16. The van der Waals surface area contributed by atoms with Crippen LogP contribution in [0.5, 0.6) is 0 Å². The molecule has 18 heavy (non-hydrogen) atoms. The zero-order chi connectivity index (χ0) is 13.2. The standard InChI is InChI=1S/C15H27N3/c1-14(2,16-4)13-10-17-12-18(13)11-15(3)8-6-5-7-9-15/h10,12,16H,5-9,11H2,1-4H3. The fourth-order valence-corrected chi connectivity index (χ4v) is 3.07.